The smallest absolute Gasteiger partial charge is 0.241 e. The van der Waals surface area contributed by atoms with Gasteiger partial charge in [-0.1, -0.05) is 6.42 Å². The molecule has 21 heavy (non-hydrogen) atoms. The van der Waals surface area contributed by atoms with Crippen LogP contribution in [0.15, 0.2) is 23.1 Å². The van der Waals surface area contributed by atoms with Crippen molar-refractivity contribution >= 4 is 10.0 Å². The molecular formula is C15H24N2O3S. The Kier molecular flexibility index (Phi) is 5.24. The van der Waals surface area contributed by atoms with Crippen LogP contribution in [0.4, 0.5) is 0 Å². The molecule has 1 aromatic rings. The van der Waals surface area contributed by atoms with Crippen LogP contribution in [-0.2, 0) is 16.4 Å². The second kappa shape index (κ2) is 6.77. The van der Waals surface area contributed by atoms with Crippen LogP contribution in [0.2, 0.25) is 0 Å². The summed E-state index contributed by atoms with van der Waals surface area (Å²) in [5, 5.41) is 0. The summed E-state index contributed by atoms with van der Waals surface area (Å²) < 4.78 is 33.1. The van der Waals surface area contributed by atoms with Crippen molar-refractivity contribution in [2.45, 2.75) is 43.5 Å². The monoisotopic (exact) mass is 312 g/mol. The minimum Gasteiger partial charge on any atom is -0.497 e. The van der Waals surface area contributed by atoms with Gasteiger partial charge in [-0.15, -0.1) is 0 Å². The topological polar surface area (TPSA) is 81.4 Å². The molecule has 0 heterocycles. The van der Waals surface area contributed by atoms with Gasteiger partial charge in [-0.05, 0) is 62.4 Å². The van der Waals surface area contributed by atoms with E-state index in [2.05, 4.69) is 4.72 Å². The van der Waals surface area contributed by atoms with Gasteiger partial charge in [-0.25, -0.2) is 13.1 Å². The molecular weight excluding hydrogens is 288 g/mol. The van der Waals surface area contributed by atoms with E-state index in [9.17, 15) is 8.42 Å². The first-order valence-corrected chi connectivity index (χ1v) is 8.85. The van der Waals surface area contributed by atoms with Crippen LogP contribution >= 0.6 is 0 Å². The van der Waals surface area contributed by atoms with Gasteiger partial charge in [0, 0.05) is 6.04 Å². The normalized spacial score (nSPS) is 17.3. The summed E-state index contributed by atoms with van der Waals surface area (Å²) in [7, 11) is -1.96. The molecule has 1 saturated carbocycles. The van der Waals surface area contributed by atoms with E-state index in [0.29, 0.717) is 35.1 Å². The number of nitrogens with two attached hydrogens (primary N) is 1. The van der Waals surface area contributed by atoms with Crippen LogP contribution in [0, 0.1) is 5.92 Å². The number of hydrogen-bond acceptors (Lipinski definition) is 4. The van der Waals surface area contributed by atoms with Gasteiger partial charge in [0.1, 0.15) is 5.75 Å². The Bertz CT molecular complexity index is 583. The van der Waals surface area contributed by atoms with E-state index < -0.39 is 10.0 Å². The molecule has 0 spiro atoms. The third-order valence-corrected chi connectivity index (χ3v) is 5.83. The number of methoxy groups -OCH3 is 1. The molecule has 5 nitrogen and oxygen atoms in total. The Morgan fingerprint density at radius 1 is 1.43 bits per heavy atom. The zero-order valence-corrected chi connectivity index (χ0v) is 13.4. The lowest BCUT2D eigenvalue weighted by atomic mass is 9.81. The number of benzene rings is 1. The predicted octanol–water partition coefficient (Wildman–Crippen LogP) is 1.66. The van der Waals surface area contributed by atoms with Gasteiger partial charge in [0.15, 0.2) is 0 Å². The van der Waals surface area contributed by atoms with Gasteiger partial charge in [0.2, 0.25) is 10.0 Å². The Balaban J connectivity index is 2.25. The molecule has 0 amide bonds. The van der Waals surface area contributed by atoms with Crippen molar-refractivity contribution in [1.29, 1.82) is 0 Å². The van der Waals surface area contributed by atoms with Gasteiger partial charge < -0.3 is 10.5 Å². The number of hydrogen-bond donors (Lipinski definition) is 2. The van der Waals surface area contributed by atoms with E-state index in [1.807, 2.05) is 6.92 Å². The fourth-order valence-corrected chi connectivity index (χ4v) is 4.20. The van der Waals surface area contributed by atoms with Crippen molar-refractivity contribution in [2.75, 3.05) is 13.7 Å². The van der Waals surface area contributed by atoms with Crippen LogP contribution in [0.5, 0.6) is 5.75 Å². The average Bonchev–Trinajstić information content (AvgIpc) is 2.35. The van der Waals surface area contributed by atoms with Crippen LogP contribution in [-0.4, -0.2) is 28.1 Å². The summed E-state index contributed by atoms with van der Waals surface area (Å²) in [6.07, 6.45) is 3.90. The molecule has 1 unspecified atom stereocenters. The van der Waals surface area contributed by atoms with Crippen molar-refractivity contribution in [3.05, 3.63) is 23.8 Å². The van der Waals surface area contributed by atoms with E-state index >= 15 is 0 Å². The second-order valence-electron chi connectivity index (χ2n) is 5.61. The quantitative estimate of drug-likeness (QED) is 0.802. The predicted molar refractivity (Wildman–Crippen MR) is 82.9 cm³/mol. The summed E-state index contributed by atoms with van der Waals surface area (Å²) in [6.45, 7) is 2.33. The summed E-state index contributed by atoms with van der Waals surface area (Å²) in [4.78, 5) is 0.305. The highest BCUT2D eigenvalue weighted by molar-refractivity contribution is 7.89. The highest BCUT2D eigenvalue weighted by Gasteiger charge is 2.28. The van der Waals surface area contributed by atoms with E-state index in [0.717, 1.165) is 12.8 Å². The summed E-state index contributed by atoms with van der Waals surface area (Å²) >= 11 is 0. The Hall–Kier alpha value is -1.11. The molecule has 1 aromatic carbocycles. The summed E-state index contributed by atoms with van der Waals surface area (Å²) in [5.74, 6) is 1.10. The van der Waals surface area contributed by atoms with Crippen molar-refractivity contribution in [1.82, 2.24) is 4.72 Å². The highest BCUT2D eigenvalue weighted by atomic mass is 32.2. The SMILES string of the molecule is COc1ccc(S(=O)(=O)NC(C)C2CCC2)c(CCN)c1. The first-order valence-electron chi connectivity index (χ1n) is 7.37. The average molecular weight is 312 g/mol. The zero-order chi connectivity index (χ0) is 15.5. The summed E-state index contributed by atoms with van der Waals surface area (Å²) in [6, 6.07) is 4.98. The second-order valence-corrected chi connectivity index (χ2v) is 7.30. The van der Waals surface area contributed by atoms with Crippen LogP contribution < -0.4 is 15.2 Å². The van der Waals surface area contributed by atoms with Gasteiger partial charge in [0.25, 0.3) is 0 Å². The van der Waals surface area contributed by atoms with Gasteiger partial charge in [0.05, 0.1) is 12.0 Å². The number of nitrogens with one attached hydrogen (secondary N) is 1. The number of sulfonamides is 1. The number of ether oxygens (including phenoxy) is 1. The Morgan fingerprint density at radius 2 is 2.14 bits per heavy atom. The molecule has 6 heteroatoms. The highest BCUT2D eigenvalue weighted by Crippen LogP contribution is 2.30. The first-order chi connectivity index (χ1) is 9.97. The lowest BCUT2D eigenvalue weighted by Gasteiger charge is -2.31. The standard InChI is InChI=1S/C15H24N2O3S/c1-11(12-4-3-5-12)17-21(18,19)15-7-6-14(20-2)10-13(15)8-9-16/h6-7,10-12,17H,3-5,8-9,16H2,1-2H3. The first kappa shape index (κ1) is 16.3. The minimum absolute atomic E-state index is 0.0309. The molecule has 0 radical (unpaired) electrons. The van der Waals surface area contributed by atoms with Crippen molar-refractivity contribution in [3.63, 3.8) is 0 Å². The Labute approximate surface area is 126 Å². The lowest BCUT2D eigenvalue weighted by molar-refractivity contribution is 0.260. The molecule has 3 N–H and O–H groups in total. The zero-order valence-electron chi connectivity index (χ0n) is 12.6. The maximum Gasteiger partial charge on any atom is 0.241 e. The minimum atomic E-state index is -3.52. The van der Waals surface area contributed by atoms with Crippen LogP contribution in [0.1, 0.15) is 31.7 Å². The third kappa shape index (κ3) is 3.75. The van der Waals surface area contributed by atoms with Gasteiger partial charge >= 0.3 is 0 Å². The molecule has 1 aliphatic carbocycles. The third-order valence-electron chi connectivity index (χ3n) is 4.17. The summed E-state index contributed by atoms with van der Waals surface area (Å²) in [5.41, 5.74) is 6.29. The van der Waals surface area contributed by atoms with Gasteiger partial charge in [-0.2, -0.15) is 0 Å². The lowest BCUT2D eigenvalue weighted by Crippen LogP contribution is -2.40. The molecule has 0 saturated heterocycles. The molecule has 118 valence electrons. The van der Waals surface area contributed by atoms with Crippen molar-refractivity contribution in [2.24, 2.45) is 11.7 Å². The molecule has 1 atom stereocenters. The molecule has 2 rings (SSSR count). The maximum absolute atomic E-state index is 12.6. The molecule has 1 fully saturated rings. The molecule has 1 aliphatic rings. The van der Waals surface area contributed by atoms with Crippen LogP contribution in [0.3, 0.4) is 0 Å². The van der Waals surface area contributed by atoms with E-state index in [1.165, 1.54) is 6.42 Å². The van der Waals surface area contributed by atoms with E-state index in [4.69, 9.17) is 10.5 Å². The van der Waals surface area contributed by atoms with Crippen LogP contribution in [0.25, 0.3) is 0 Å². The molecule has 0 aliphatic heterocycles. The van der Waals surface area contributed by atoms with Crippen molar-refractivity contribution < 1.29 is 13.2 Å². The number of rotatable bonds is 7. The van der Waals surface area contributed by atoms with E-state index in [1.54, 1.807) is 25.3 Å². The van der Waals surface area contributed by atoms with E-state index in [-0.39, 0.29) is 6.04 Å². The van der Waals surface area contributed by atoms with Crippen molar-refractivity contribution in [3.8, 4) is 5.75 Å². The Morgan fingerprint density at radius 3 is 2.67 bits per heavy atom. The molecule has 0 bridgehead atoms. The fraction of sp³-hybridized carbons (Fsp3) is 0.600. The largest absolute Gasteiger partial charge is 0.497 e. The maximum atomic E-state index is 12.6. The fourth-order valence-electron chi connectivity index (χ4n) is 2.64. The molecule has 0 aromatic heterocycles. The van der Waals surface area contributed by atoms with Gasteiger partial charge in [-0.3, -0.25) is 0 Å².